The van der Waals surface area contributed by atoms with Crippen LogP contribution >= 0.6 is 0 Å². The summed E-state index contributed by atoms with van der Waals surface area (Å²) in [5.41, 5.74) is 0. The highest BCUT2D eigenvalue weighted by Gasteiger charge is 2.27. The molecule has 0 radical (unpaired) electrons. The molecule has 2 saturated heterocycles. The third-order valence-electron chi connectivity index (χ3n) is 4.89. The molecule has 2 rings (SSSR count). The Hall–Kier alpha value is -1.10. The molecule has 0 aromatic heterocycles. The first kappa shape index (κ1) is 16.3. The van der Waals surface area contributed by atoms with Gasteiger partial charge in [-0.3, -0.25) is 9.59 Å². The van der Waals surface area contributed by atoms with Gasteiger partial charge in [0.15, 0.2) is 0 Å². The van der Waals surface area contributed by atoms with Crippen LogP contribution < -0.4 is 10.6 Å². The Balaban J connectivity index is 1.72. The van der Waals surface area contributed by atoms with Crippen LogP contribution in [0.2, 0.25) is 0 Å². The summed E-state index contributed by atoms with van der Waals surface area (Å²) in [4.78, 5) is 25.4. The maximum Gasteiger partial charge on any atom is 0.222 e. The van der Waals surface area contributed by atoms with Crippen molar-refractivity contribution in [1.82, 2.24) is 15.5 Å². The lowest BCUT2D eigenvalue weighted by Gasteiger charge is -2.34. The average Bonchev–Trinajstić information content (AvgIpc) is 2.48. The highest BCUT2D eigenvalue weighted by atomic mass is 16.2. The first-order valence-electron chi connectivity index (χ1n) is 8.32. The van der Waals surface area contributed by atoms with Crippen LogP contribution in [0.3, 0.4) is 0 Å². The minimum Gasteiger partial charge on any atom is -0.353 e. The molecule has 2 unspecified atom stereocenters. The van der Waals surface area contributed by atoms with Gasteiger partial charge in [0, 0.05) is 32.5 Å². The zero-order valence-corrected chi connectivity index (χ0v) is 13.4. The summed E-state index contributed by atoms with van der Waals surface area (Å²) in [6, 6.07) is 0.242. The Bertz CT molecular complexity index is 359. The Kier molecular flexibility index (Phi) is 6.03. The maximum absolute atomic E-state index is 12.4. The smallest absolute Gasteiger partial charge is 0.222 e. The first-order chi connectivity index (χ1) is 10.1. The number of nitrogens with one attached hydrogen (secondary N) is 2. The van der Waals surface area contributed by atoms with Gasteiger partial charge in [0.05, 0.1) is 0 Å². The molecule has 0 aromatic rings. The van der Waals surface area contributed by atoms with E-state index in [0.29, 0.717) is 18.3 Å². The van der Waals surface area contributed by atoms with Gasteiger partial charge in [0.2, 0.25) is 11.8 Å². The summed E-state index contributed by atoms with van der Waals surface area (Å²) < 4.78 is 0. The summed E-state index contributed by atoms with van der Waals surface area (Å²) in [6.45, 7) is 7.49. The number of likely N-dealkylation sites (tertiary alicyclic amines) is 1. The van der Waals surface area contributed by atoms with Crippen LogP contribution in [0.25, 0.3) is 0 Å². The predicted molar refractivity (Wildman–Crippen MR) is 82.8 cm³/mol. The molecule has 2 amide bonds. The van der Waals surface area contributed by atoms with Gasteiger partial charge in [-0.2, -0.15) is 0 Å². The van der Waals surface area contributed by atoms with Crippen molar-refractivity contribution in [1.29, 1.82) is 0 Å². The topological polar surface area (TPSA) is 61.4 Å². The number of rotatable bonds is 4. The molecule has 2 atom stereocenters. The second-order valence-corrected chi connectivity index (χ2v) is 6.64. The molecule has 21 heavy (non-hydrogen) atoms. The number of hydrogen-bond donors (Lipinski definition) is 2. The van der Waals surface area contributed by atoms with Crippen LogP contribution in [0.15, 0.2) is 0 Å². The van der Waals surface area contributed by atoms with Crippen LogP contribution in [-0.4, -0.2) is 48.9 Å². The van der Waals surface area contributed by atoms with Crippen LogP contribution in [0.4, 0.5) is 0 Å². The highest BCUT2D eigenvalue weighted by molar-refractivity contribution is 5.76. The molecule has 2 aliphatic rings. The minimum atomic E-state index is 0.0261. The lowest BCUT2D eigenvalue weighted by molar-refractivity contribution is -0.133. The molecule has 2 heterocycles. The van der Waals surface area contributed by atoms with E-state index in [1.165, 1.54) is 12.8 Å². The number of amides is 2. The SMILES string of the molecule is CC(=O)NC1CCN(C(=O)CC(C)C2CCCNC2)CC1. The Morgan fingerprint density at radius 1 is 1.29 bits per heavy atom. The molecule has 2 aliphatic heterocycles. The van der Waals surface area contributed by atoms with E-state index in [4.69, 9.17) is 0 Å². The Morgan fingerprint density at radius 3 is 2.57 bits per heavy atom. The van der Waals surface area contributed by atoms with Gasteiger partial charge in [-0.1, -0.05) is 6.92 Å². The van der Waals surface area contributed by atoms with Crippen molar-refractivity contribution in [3.63, 3.8) is 0 Å². The standard InChI is InChI=1S/C16H29N3O2/c1-12(14-4-3-7-17-11-14)10-16(21)19-8-5-15(6-9-19)18-13(2)20/h12,14-15,17H,3-11H2,1-2H3,(H,18,20). The molecule has 0 spiro atoms. The first-order valence-corrected chi connectivity index (χ1v) is 8.32. The third kappa shape index (κ3) is 4.99. The Morgan fingerprint density at radius 2 is 2.00 bits per heavy atom. The lowest BCUT2D eigenvalue weighted by Crippen LogP contribution is -2.46. The zero-order chi connectivity index (χ0) is 15.2. The van der Waals surface area contributed by atoms with E-state index in [2.05, 4.69) is 17.6 Å². The minimum absolute atomic E-state index is 0.0261. The van der Waals surface area contributed by atoms with Gasteiger partial charge in [-0.25, -0.2) is 0 Å². The summed E-state index contributed by atoms with van der Waals surface area (Å²) in [6.07, 6.45) is 4.89. The van der Waals surface area contributed by atoms with Gasteiger partial charge in [0.1, 0.15) is 0 Å². The number of piperidine rings is 2. The van der Waals surface area contributed by atoms with Crippen molar-refractivity contribution in [2.75, 3.05) is 26.2 Å². The number of hydrogen-bond acceptors (Lipinski definition) is 3. The van der Waals surface area contributed by atoms with E-state index < -0.39 is 0 Å². The normalized spacial score (nSPS) is 25.4. The fraction of sp³-hybridized carbons (Fsp3) is 0.875. The molecule has 120 valence electrons. The fourth-order valence-electron chi connectivity index (χ4n) is 3.50. The number of carbonyl (C=O) groups excluding carboxylic acids is 2. The summed E-state index contributed by atoms with van der Waals surface area (Å²) in [5.74, 6) is 1.41. The largest absolute Gasteiger partial charge is 0.353 e. The van der Waals surface area contributed by atoms with Gasteiger partial charge in [-0.05, 0) is 50.6 Å². The number of carbonyl (C=O) groups is 2. The van der Waals surface area contributed by atoms with Crippen molar-refractivity contribution in [2.24, 2.45) is 11.8 Å². The van der Waals surface area contributed by atoms with E-state index in [1.807, 2.05) is 4.90 Å². The average molecular weight is 295 g/mol. The molecule has 0 aliphatic carbocycles. The monoisotopic (exact) mass is 295 g/mol. The second-order valence-electron chi connectivity index (χ2n) is 6.64. The van der Waals surface area contributed by atoms with E-state index in [0.717, 1.165) is 39.0 Å². The Labute approximate surface area is 127 Å². The molecule has 2 N–H and O–H groups in total. The number of nitrogens with zero attached hydrogens (tertiary/aromatic N) is 1. The van der Waals surface area contributed by atoms with Gasteiger partial charge < -0.3 is 15.5 Å². The molecule has 5 nitrogen and oxygen atoms in total. The van der Waals surface area contributed by atoms with Crippen molar-refractivity contribution in [2.45, 2.75) is 52.0 Å². The van der Waals surface area contributed by atoms with Crippen molar-refractivity contribution >= 4 is 11.8 Å². The van der Waals surface area contributed by atoms with Gasteiger partial charge in [0.25, 0.3) is 0 Å². The summed E-state index contributed by atoms with van der Waals surface area (Å²) in [7, 11) is 0. The molecule has 0 aromatic carbocycles. The van der Waals surface area contributed by atoms with E-state index in [-0.39, 0.29) is 17.9 Å². The molecule has 5 heteroatoms. The van der Waals surface area contributed by atoms with E-state index in [9.17, 15) is 9.59 Å². The molecular formula is C16H29N3O2. The van der Waals surface area contributed by atoms with Gasteiger partial charge in [-0.15, -0.1) is 0 Å². The maximum atomic E-state index is 12.4. The predicted octanol–water partition coefficient (Wildman–Crippen LogP) is 1.14. The van der Waals surface area contributed by atoms with E-state index >= 15 is 0 Å². The quantitative estimate of drug-likeness (QED) is 0.817. The van der Waals surface area contributed by atoms with Crippen molar-refractivity contribution < 1.29 is 9.59 Å². The van der Waals surface area contributed by atoms with Crippen molar-refractivity contribution in [3.05, 3.63) is 0 Å². The molecule has 0 bridgehead atoms. The molecule has 2 fully saturated rings. The van der Waals surface area contributed by atoms with Crippen LogP contribution in [0.5, 0.6) is 0 Å². The highest BCUT2D eigenvalue weighted by Crippen LogP contribution is 2.24. The summed E-state index contributed by atoms with van der Waals surface area (Å²) >= 11 is 0. The second kappa shape index (κ2) is 7.78. The fourth-order valence-corrected chi connectivity index (χ4v) is 3.50. The van der Waals surface area contributed by atoms with Crippen LogP contribution in [-0.2, 0) is 9.59 Å². The third-order valence-corrected chi connectivity index (χ3v) is 4.89. The van der Waals surface area contributed by atoms with Crippen LogP contribution in [0.1, 0.15) is 46.0 Å². The lowest BCUT2D eigenvalue weighted by atomic mass is 9.85. The van der Waals surface area contributed by atoms with Gasteiger partial charge >= 0.3 is 0 Å². The summed E-state index contributed by atoms with van der Waals surface area (Å²) in [5, 5.41) is 6.38. The molecular weight excluding hydrogens is 266 g/mol. The molecule has 0 saturated carbocycles. The van der Waals surface area contributed by atoms with Crippen molar-refractivity contribution in [3.8, 4) is 0 Å². The zero-order valence-electron chi connectivity index (χ0n) is 13.4. The van der Waals surface area contributed by atoms with E-state index in [1.54, 1.807) is 6.92 Å². The van der Waals surface area contributed by atoms with Crippen LogP contribution in [0, 0.1) is 11.8 Å².